The predicted molar refractivity (Wildman–Crippen MR) is 421 cm³/mol. The Morgan fingerprint density at radius 3 is 0.684 bits per heavy atom. The summed E-state index contributed by atoms with van der Waals surface area (Å²) in [6.07, 6.45) is 0. The van der Waals surface area contributed by atoms with Crippen molar-refractivity contribution in [3.63, 3.8) is 0 Å². The van der Waals surface area contributed by atoms with E-state index in [1.165, 1.54) is 72.8 Å². The summed E-state index contributed by atoms with van der Waals surface area (Å²) in [5, 5.41) is 37.3. The van der Waals surface area contributed by atoms with Crippen LogP contribution in [0.3, 0.4) is 0 Å². The Kier molecular flexibility index (Phi) is 39.9. The summed E-state index contributed by atoms with van der Waals surface area (Å²) < 4.78 is 98.3. The van der Waals surface area contributed by atoms with Crippen molar-refractivity contribution in [1.29, 1.82) is 0 Å². The van der Waals surface area contributed by atoms with Crippen molar-refractivity contribution in [2.45, 2.75) is 98.6 Å². The molecule has 117 heavy (non-hydrogen) atoms. The molecule has 6 rings (SSSR count). The molecule has 30 nitrogen and oxygen atoms in total. The SMILES string of the molecule is CC(=O)NC(CSC(=O)C(CSC(=O)c1cc(-c2ccc(F)cc2F)ccc1OC(C)=O)NC(C)=O)C(=O)O.CC(=O)N[C@@H](CSC(=O)[C@H](CSC(=O)c1cc(-c2ccc(F)cc2F)ccc1OC(C)=O)NC(C)=O)C(=O)O.CC(=O)N[C@H](CSC(=O)[C@@H](CSC(=O)c1cc(-c2ccc(F)cc2F)ccc1OC(C)=O)NC(C)=O)C(=O)O. The third kappa shape index (κ3) is 33.8. The number of carboxylic acids is 3. The van der Waals surface area contributed by atoms with Crippen LogP contribution in [0, 0.1) is 34.9 Å². The third-order valence-corrected chi connectivity index (χ3v) is 20.6. The molecule has 0 aromatic heterocycles. The van der Waals surface area contributed by atoms with Crippen molar-refractivity contribution in [1.82, 2.24) is 31.9 Å². The summed E-state index contributed by atoms with van der Waals surface area (Å²) >= 11 is 3.43. The maximum atomic E-state index is 14.3. The molecule has 0 bridgehead atoms. The molecule has 0 fully saturated rings. The topological polar surface area (TPSA) is 468 Å². The second kappa shape index (κ2) is 47.6. The zero-order valence-electron chi connectivity index (χ0n) is 62.7. The van der Waals surface area contributed by atoms with Crippen LogP contribution in [0.5, 0.6) is 17.2 Å². The summed E-state index contributed by atoms with van der Waals surface area (Å²) in [5.41, 5.74) is 0.0957. The number of carbonyl (C=O) groups excluding carboxylic acids is 15. The molecule has 6 amide bonds. The maximum absolute atomic E-state index is 14.3. The first-order chi connectivity index (χ1) is 54.8. The molecule has 6 aromatic carbocycles. The summed E-state index contributed by atoms with van der Waals surface area (Å²) in [4.78, 5) is 215. The Hall–Kier alpha value is -11.3. The predicted octanol–water partition coefficient (Wildman–Crippen LogP) is 8.35. The second-order valence-electron chi connectivity index (χ2n) is 24.0. The smallest absolute Gasteiger partial charge is 0.327 e. The van der Waals surface area contributed by atoms with Gasteiger partial charge in [-0.2, -0.15) is 0 Å². The van der Waals surface area contributed by atoms with Gasteiger partial charge in [0.1, 0.15) is 88.4 Å². The monoisotopic (exact) mass is 1750 g/mol. The first-order valence-electron chi connectivity index (χ1n) is 33.5. The lowest BCUT2D eigenvalue weighted by Gasteiger charge is -2.18. The Balaban J connectivity index is 0.000000369. The van der Waals surface area contributed by atoms with Gasteiger partial charge in [-0.25, -0.2) is 40.7 Å². The number of esters is 3. The summed E-state index contributed by atoms with van der Waals surface area (Å²) in [7, 11) is 0. The Morgan fingerprint density at radius 2 is 0.496 bits per heavy atom. The molecule has 624 valence electrons. The molecule has 0 radical (unpaired) electrons. The molecule has 0 saturated heterocycles. The van der Waals surface area contributed by atoms with E-state index >= 15 is 0 Å². The number of aliphatic carboxylic acids is 3. The molecule has 9 N–H and O–H groups in total. The van der Waals surface area contributed by atoms with E-state index in [4.69, 9.17) is 14.2 Å². The summed E-state index contributed by atoms with van der Waals surface area (Å²) in [6.45, 7) is 10.1. The van der Waals surface area contributed by atoms with Crippen molar-refractivity contribution < 1.29 is 142 Å². The summed E-state index contributed by atoms with van der Waals surface area (Å²) in [6, 6.07) is 12.7. The lowest BCUT2D eigenvalue weighted by molar-refractivity contribution is -0.141. The molecule has 0 aliphatic heterocycles. The molecule has 2 unspecified atom stereocenters. The standard InChI is InChI=1S/3C25H24F2N2O8S2/c3*1-12(30)28-20(23(33)34)10-39-25(36)21(29-13(2)31)11-38-24(35)18-8-15(4-7-22(18)37-14(3)32)17-6-5-16(26)9-19(17)27/h3*4-9,20-21H,10-11H2,1-3H3,(H,28,30)(H,29,31)(H,33,34)/t2*20-,21-;/m10./s1. The van der Waals surface area contributed by atoms with E-state index in [1.54, 1.807) is 0 Å². The van der Waals surface area contributed by atoms with Gasteiger partial charge in [0.15, 0.2) is 0 Å². The Morgan fingerprint density at radius 1 is 0.291 bits per heavy atom. The van der Waals surface area contributed by atoms with E-state index in [-0.39, 0.29) is 102 Å². The minimum absolute atomic E-state index is 0.0142. The number of rotatable bonds is 33. The van der Waals surface area contributed by atoms with Gasteiger partial charge in [0.2, 0.25) is 66.1 Å². The van der Waals surface area contributed by atoms with E-state index in [2.05, 4.69) is 31.9 Å². The van der Waals surface area contributed by atoms with Crippen molar-refractivity contribution in [3.8, 4) is 50.6 Å². The zero-order valence-corrected chi connectivity index (χ0v) is 67.6. The number of hydrogen-bond acceptors (Lipinski definition) is 27. The number of ether oxygens (including phenoxy) is 3. The number of carbonyl (C=O) groups is 18. The average molecular weight is 1750 g/mol. The normalized spacial score (nSPS) is 12.1. The van der Waals surface area contributed by atoms with Crippen molar-refractivity contribution in [3.05, 3.63) is 161 Å². The first-order valence-corrected chi connectivity index (χ1v) is 39.4. The van der Waals surface area contributed by atoms with Gasteiger partial charge < -0.3 is 61.4 Å². The van der Waals surface area contributed by atoms with Gasteiger partial charge in [0.05, 0.1) is 16.7 Å². The van der Waals surface area contributed by atoms with Crippen LogP contribution in [-0.2, 0) is 71.9 Å². The van der Waals surface area contributed by atoms with Crippen LogP contribution in [0.1, 0.15) is 93.4 Å². The van der Waals surface area contributed by atoms with E-state index in [9.17, 15) is 128 Å². The van der Waals surface area contributed by atoms with Crippen LogP contribution >= 0.6 is 70.6 Å². The Labute approximate surface area is 687 Å². The molecule has 6 atom stereocenters. The molecule has 6 aromatic rings. The molecule has 0 heterocycles. The lowest BCUT2D eigenvalue weighted by Crippen LogP contribution is -2.44. The minimum Gasteiger partial charge on any atom is -0.480 e. The minimum atomic E-state index is -1.36. The molecular formula is C75H72F6N6O24S6. The number of hydrogen-bond donors (Lipinski definition) is 9. The molecule has 42 heteroatoms. The molecule has 0 aliphatic rings. The van der Waals surface area contributed by atoms with Gasteiger partial charge in [0.25, 0.3) is 0 Å². The molecule has 0 saturated carbocycles. The van der Waals surface area contributed by atoms with Crippen LogP contribution in [0.15, 0.2) is 109 Å². The average Bonchev–Trinajstić information content (AvgIpc) is 0.815. The van der Waals surface area contributed by atoms with Crippen LogP contribution in [0.4, 0.5) is 26.3 Å². The second-order valence-corrected chi connectivity index (χ2v) is 30.1. The van der Waals surface area contributed by atoms with Crippen LogP contribution in [0.25, 0.3) is 33.4 Å². The number of carboxylic acid groups (broad SMARTS) is 3. The number of nitrogens with one attached hydrogen (secondary N) is 6. The fourth-order valence-electron chi connectivity index (χ4n) is 9.48. The highest BCUT2D eigenvalue weighted by molar-refractivity contribution is 8.16. The third-order valence-electron chi connectivity index (χ3n) is 14.4. The van der Waals surface area contributed by atoms with Gasteiger partial charge in [0, 0.05) is 132 Å². The van der Waals surface area contributed by atoms with Crippen LogP contribution < -0.4 is 46.1 Å². The number of benzene rings is 6. The highest BCUT2D eigenvalue weighted by Gasteiger charge is 2.32. The van der Waals surface area contributed by atoms with Crippen molar-refractivity contribution >= 4 is 173 Å². The first kappa shape index (κ1) is 98.0. The number of halogens is 6. The fourth-order valence-corrected chi connectivity index (χ4v) is 15.1. The van der Waals surface area contributed by atoms with E-state index in [1.807, 2.05) is 0 Å². The van der Waals surface area contributed by atoms with E-state index < -0.39 is 173 Å². The van der Waals surface area contributed by atoms with Crippen LogP contribution in [0.2, 0.25) is 0 Å². The molecule has 0 aliphatic carbocycles. The van der Waals surface area contributed by atoms with Gasteiger partial charge in [-0.05, 0) is 89.5 Å². The highest BCUT2D eigenvalue weighted by atomic mass is 32.2. The maximum Gasteiger partial charge on any atom is 0.327 e. The van der Waals surface area contributed by atoms with Crippen molar-refractivity contribution in [2.24, 2.45) is 0 Å². The summed E-state index contributed by atoms with van der Waals surface area (Å²) in [5.74, 6) is -17.1. The fraction of sp³-hybridized carbons (Fsp3) is 0.280. The molecule has 0 spiro atoms. The van der Waals surface area contributed by atoms with Gasteiger partial charge >= 0.3 is 35.8 Å². The van der Waals surface area contributed by atoms with E-state index in [0.717, 1.165) is 80.5 Å². The van der Waals surface area contributed by atoms with E-state index in [0.29, 0.717) is 88.8 Å². The van der Waals surface area contributed by atoms with Gasteiger partial charge in [-0.3, -0.25) is 71.9 Å². The largest absolute Gasteiger partial charge is 0.480 e. The highest BCUT2D eigenvalue weighted by Crippen LogP contribution is 2.36. The quantitative estimate of drug-likeness (QED) is 0.0106. The van der Waals surface area contributed by atoms with Gasteiger partial charge in [-0.1, -0.05) is 88.8 Å². The number of thioether (sulfide) groups is 6. The Bertz CT molecular complexity index is 4380. The van der Waals surface area contributed by atoms with Crippen molar-refractivity contribution in [2.75, 3.05) is 34.5 Å². The molecular weight excluding hydrogens is 1680 g/mol. The van der Waals surface area contributed by atoms with Crippen LogP contribution in [-0.4, -0.2) is 188 Å². The number of amides is 6. The zero-order chi connectivity index (χ0) is 87.8. The lowest BCUT2D eigenvalue weighted by atomic mass is 10.0. The van der Waals surface area contributed by atoms with Gasteiger partial charge in [-0.15, -0.1) is 0 Å².